The first-order chi connectivity index (χ1) is 6.39. The van der Waals surface area contributed by atoms with Crippen LogP contribution in [0.3, 0.4) is 0 Å². The van der Waals surface area contributed by atoms with Gasteiger partial charge in [-0.3, -0.25) is 5.41 Å². The maximum Gasteiger partial charge on any atom is 0.416 e. The van der Waals surface area contributed by atoms with Gasteiger partial charge in [-0.1, -0.05) is 18.2 Å². The Morgan fingerprint density at radius 1 is 1.36 bits per heavy atom. The summed E-state index contributed by atoms with van der Waals surface area (Å²) in [6.45, 7) is 0. The third-order valence-electron chi connectivity index (χ3n) is 1.65. The molecule has 0 aliphatic rings. The van der Waals surface area contributed by atoms with Crippen molar-refractivity contribution in [2.24, 2.45) is 5.73 Å². The highest BCUT2D eigenvalue weighted by Gasteiger charge is 2.30. The third-order valence-corrected chi connectivity index (χ3v) is 1.65. The van der Waals surface area contributed by atoms with Gasteiger partial charge < -0.3 is 5.73 Å². The highest BCUT2D eigenvalue weighted by atomic mass is 19.4. The van der Waals surface area contributed by atoms with Crippen molar-refractivity contribution in [1.82, 2.24) is 0 Å². The zero-order valence-corrected chi connectivity index (χ0v) is 7.23. The van der Waals surface area contributed by atoms with Crippen molar-refractivity contribution < 1.29 is 13.2 Å². The Morgan fingerprint density at radius 3 is 2.50 bits per heavy atom. The number of rotatable bonds is 2. The number of benzene rings is 1. The Kier molecular flexibility index (Phi) is 2.78. The van der Waals surface area contributed by atoms with Crippen molar-refractivity contribution in [1.29, 1.82) is 5.41 Å². The van der Waals surface area contributed by atoms with Crippen LogP contribution in [0.25, 0.3) is 0 Å². The largest absolute Gasteiger partial charge is 0.416 e. The maximum atomic E-state index is 12.2. The summed E-state index contributed by atoms with van der Waals surface area (Å²) >= 11 is 0. The van der Waals surface area contributed by atoms with Crippen molar-refractivity contribution in [2.75, 3.05) is 0 Å². The Bertz CT molecular complexity index is 344. The molecule has 0 bridgehead atoms. The van der Waals surface area contributed by atoms with E-state index in [1.165, 1.54) is 12.1 Å². The highest BCUT2D eigenvalue weighted by Crippen LogP contribution is 2.29. The van der Waals surface area contributed by atoms with Gasteiger partial charge in [0.15, 0.2) is 0 Å². The van der Waals surface area contributed by atoms with Crippen LogP contribution in [0, 0.1) is 5.41 Å². The summed E-state index contributed by atoms with van der Waals surface area (Å²) in [5.41, 5.74) is 4.77. The smallest absolute Gasteiger partial charge is 0.387 e. The molecule has 0 heterocycles. The van der Waals surface area contributed by atoms with Gasteiger partial charge in [-0.05, 0) is 11.6 Å². The first kappa shape index (κ1) is 10.6. The van der Waals surface area contributed by atoms with E-state index in [1.54, 1.807) is 0 Å². The maximum absolute atomic E-state index is 12.2. The zero-order valence-electron chi connectivity index (χ0n) is 7.23. The number of nitrogens with two attached hydrogens (primary N) is 1. The number of hydrogen-bond donors (Lipinski definition) is 2. The third kappa shape index (κ3) is 2.76. The van der Waals surface area contributed by atoms with Gasteiger partial charge in [0.05, 0.1) is 11.4 Å². The van der Waals surface area contributed by atoms with Crippen LogP contribution >= 0.6 is 0 Å². The van der Waals surface area contributed by atoms with E-state index >= 15 is 0 Å². The standard InChI is InChI=1S/C9H9F3N2/c10-9(11,12)7-3-1-2-6(4-7)5-8(13)14/h1-4H,5H2,(H3,13,14). The van der Waals surface area contributed by atoms with Crippen molar-refractivity contribution in [3.05, 3.63) is 35.4 Å². The monoisotopic (exact) mass is 202 g/mol. The lowest BCUT2D eigenvalue weighted by Crippen LogP contribution is -2.13. The number of hydrogen-bond acceptors (Lipinski definition) is 1. The summed E-state index contributed by atoms with van der Waals surface area (Å²) in [7, 11) is 0. The van der Waals surface area contributed by atoms with Gasteiger partial charge in [0.2, 0.25) is 0 Å². The van der Waals surface area contributed by atoms with E-state index in [4.69, 9.17) is 11.1 Å². The van der Waals surface area contributed by atoms with E-state index in [2.05, 4.69) is 0 Å². The normalized spacial score (nSPS) is 11.4. The second-order valence-corrected chi connectivity index (χ2v) is 2.90. The summed E-state index contributed by atoms with van der Waals surface area (Å²) < 4.78 is 36.7. The fourth-order valence-electron chi connectivity index (χ4n) is 1.08. The SMILES string of the molecule is N=C(N)Cc1cccc(C(F)(F)F)c1. The molecule has 0 amide bonds. The van der Waals surface area contributed by atoms with Gasteiger partial charge >= 0.3 is 6.18 Å². The summed E-state index contributed by atoms with van der Waals surface area (Å²) in [6.07, 6.45) is -4.29. The van der Waals surface area contributed by atoms with E-state index in [1.807, 2.05) is 0 Å². The molecular weight excluding hydrogens is 193 g/mol. The molecule has 0 aliphatic carbocycles. The van der Waals surface area contributed by atoms with Crippen molar-refractivity contribution in [3.8, 4) is 0 Å². The lowest BCUT2D eigenvalue weighted by Gasteiger charge is -2.07. The second-order valence-electron chi connectivity index (χ2n) is 2.90. The minimum Gasteiger partial charge on any atom is -0.387 e. The molecule has 0 saturated heterocycles. The quantitative estimate of drug-likeness (QED) is 0.560. The molecule has 1 rings (SSSR count). The minimum absolute atomic E-state index is 0.0456. The van der Waals surface area contributed by atoms with Crippen LogP contribution in [0.4, 0.5) is 13.2 Å². The predicted molar refractivity (Wildman–Crippen MR) is 47.1 cm³/mol. The molecule has 0 saturated carbocycles. The Labute approximate surface area is 79.0 Å². The number of alkyl halides is 3. The average molecular weight is 202 g/mol. The molecule has 1 aromatic rings. The molecule has 0 unspecified atom stereocenters. The van der Waals surface area contributed by atoms with E-state index in [-0.39, 0.29) is 12.3 Å². The van der Waals surface area contributed by atoms with Crippen LogP contribution < -0.4 is 5.73 Å². The van der Waals surface area contributed by atoms with Crippen LogP contribution in [0.1, 0.15) is 11.1 Å². The number of nitrogens with one attached hydrogen (secondary N) is 1. The van der Waals surface area contributed by atoms with Crippen LogP contribution in [-0.2, 0) is 12.6 Å². The lowest BCUT2D eigenvalue weighted by atomic mass is 10.1. The highest BCUT2D eigenvalue weighted by molar-refractivity contribution is 5.79. The molecule has 0 aromatic heterocycles. The van der Waals surface area contributed by atoms with E-state index in [0.29, 0.717) is 5.56 Å². The van der Waals surface area contributed by atoms with Crippen LogP contribution in [0.15, 0.2) is 24.3 Å². The zero-order chi connectivity index (χ0) is 10.8. The second kappa shape index (κ2) is 3.69. The van der Waals surface area contributed by atoms with Gasteiger partial charge in [0, 0.05) is 6.42 Å². The molecule has 1 aromatic carbocycles. The summed E-state index contributed by atoms with van der Waals surface area (Å²) in [5.74, 6) is -0.149. The molecule has 76 valence electrons. The molecule has 2 nitrogen and oxygen atoms in total. The Morgan fingerprint density at radius 2 is 2.00 bits per heavy atom. The fourth-order valence-corrected chi connectivity index (χ4v) is 1.08. The summed E-state index contributed by atoms with van der Waals surface area (Å²) in [5, 5.41) is 6.95. The van der Waals surface area contributed by atoms with Gasteiger partial charge in [-0.15, -0.1) is 0 Å². The van der Waals surface area contributed by atoms with Crippen molar-refractivity contribution in [3.63, 3.8) is 0 Å². The molecule has 0 fully saturated rings. The van der Waals surface area contributed by atoms with Gasteiger partial charge in [-0.25, -0.2) is 0 Å². The fraction of sp³-hybridized carbons (Fsp3) is 0.222. The van der Waals surface area contributed by atoms with Crippen molar-refractivity contribution in [2.45, 2.75) is 12.6 Å². The molecule has 3 N–H and O–H groups in total. The van der Waals surface area contributed by atoms with E-state index in [0.717, 1.165) is 12.1 Å². The number of halogens is 3. The van der Waals surface area contributed by atoms with E-state index < -0.39 is 11.7 Å². The van der Waals surface area contributed by atoms with Gasteiger partial charge in [-0.2, -0.15) is 13.2 Å². The summed E-state index contributed by atoms with van der Waals surface area (Å²) in [4.78, 5) is 0. The first-order valence-electron chi connectivity index (χ1n) is 3.88. The molecule has 14 heavy (non-hydrogen) atoms. The number of amidine groups is 1. The predicted octanol–water partition coefficient (Wildman–Crippen LogP) is 2.18. The topological polar surface area (TPSA) is 49.9 Å². The molecule has 0 atom stereocenters. The van der Waals surface area contributed by atoms with E-state index in [9.17, 15) is 13.2 Å². The van der Waals surface area contributed by atoms with Crippen molar-refractivity contribution >= 4 is 5.84 Å². The van der Waals surface area contributed by atoms with Crippen LogP contribution in [-0.4, -0.2) is 5.84 Å². The summed E-state index contributed by atoms with van der Waals surface area (Å²) in [6, 6.07) is 4.81. The van der Waals surface area contributed by atoms with Gasteiger partial charge in [0.25, 0.3) is 0 Å². The molecule has 0 spiro atoms. The average Bonchev–Trinajstić information content (AvgIpc) is 2.01. The molecule has 0 radical (unpaired) electrons. The van der Waals surface area contributed by atoms with Gasteiger partial charge in [0.1, 0.15) is 0 Å². The molecule has 0 aliphatic heterocycles. The Balaban J connectivity index is 2.95. The first-order valence-corrected chi connectivity index (χ1v) is 3.88. The lowest BCUT2D eigenvalue weighted by molar-refractivity contribution is -0.137. The minimum atomic E-state index is -4.34. The Hall–Kier alpha value is -1.52. The molecule has 5 heteroatoms. The van der Waals surface area contributed by atoms with Crippen LogP contribution in [0.5, 0.6) is 0 Å². The van der Waals surface area contributed by atoms with Crippen LogP contribution in [0.2, 0.25) is 0 Å². The molecular formula is C9H9F3N2.